The van der Waals surface area contributed by atoms with Crippen LogP contribution in [0.3, 0.4) is 0 Å². The number of pyridine rings is 1. The largest absolute Gasteiger partial charge is 0.394 e. The van der Waals surface area contributed by atoms with E-state index in [1.807, 2.05) is 29.5 Å². The molecular formula is C12H15N3O2. The lowest BCUT2D eigenvalue weighted by molar-refractivity contribution is 0.0918. The van der Waals surface area contributed by atoms with Crippen LogP contribution in [-0.2, 0) is 0 Å². The number of hydrogen-bond donors (Lipinski definition) is 2. The third-order valence-corrected chi connectivity index (χ3v) is 2.58. The summed E-state index contributed by atoms with van der Waals surface area (Å²) in [6.45, 7) is 3.60. The lowest BCUT2D eigenvalue weighted by atomic mass is 10.3. The van der Waals surface area contributed by atoms with Crippen LogP contribution in [0.15, 0.2) is 24.4 Å². The zero-order valence-corrected chi connectivity index (χ0v) is 9.84. The molecule has 0 aliphatic carbocycles. The molecule has 1 amide bonds. The second kappa shape index (κ2) is 4.55. The van der Waals surface area contributed by atoms with Crippen LogP contribution in [-0.4, -0.2) is 33.0 Å². The van der Waals surface area contributed by atoms with E-state index in [9.17, 15) is 4.79 Å². The molecule has 2 aromatic rings. The van der Waals surface area contributed by atoms with E-state index in [1.54, 1.807) is 13.1 Å². The van der Waals surface area contributed by atoms with Crippen molar-refractivity contribution in [1.82, 2.24) is 14.7 Å². The first-order valence-electron chi connectivity index (χ1n) is 5.48. The summed E-state index contributed by atoms with van der Waals surface area (Å²) in [5.41, 5.74) is 2.12. The molecule has 0 aliphatic rings. The fraction of sp³-hybridized carbons (Fsp3) is 0.333. The van der Waals surface area contributed by atoms with E-state index in [1.165, 1.54) is 0 Å². The SMILES string of the molecule is Cc1cccc2nc(C(=O)N[C@H](C)CO)cn12. The van der Waals surface area contributed by atoms with E-state index in [0.29, 0.717) is 5.69 Å². The minimum absolute atomic E-state index is 0.0852. The van der Waals surface area contributed by atoms with Crippen LogP contribution >= 0.6 is 0 Å². The van der Waals surface area contributed by atoms with Gasteiger partial charge in [-0.05, 0) is 26.0 Å². The molecule has 2 N–H and O–H groups in total. The summed E-state index contributed by atoms with van der Waals surface area (Å²) in [6, 6.07) is 5.43. The highest BCUT2D eigenvalue weighted by Crippen LogP contribution is 2.08. The summed E-state index contributed by atoms with van der Waals surface area (Å²) in [6.07, 6.45) is 1.70. The molecule has 90 valence electrons. The summed E-state index contributed by atoms with van der Waals surface area (Å²) >= 11 is 0. The number of rotatable bonds is 3. The fourth-order valence-electron chi connectivity index (χ4n) is 1.60. The standard InChI is InChI=1S/C12H15N3O2/c1-8(7-16)13-12(17)10-6-15-9(2)4-3-5-11(15)14-10/h3-6,8,16H,7H2,1-2H3,(H,13,17)/t8-/m1/s1. The van der Waals surface area contributed by atoms with E-state index >= 15 is 0 Å². The van der Waals surface area contributed by atoms with Gasteiger partial charge >= 0.3 is 0 Å². The molecule has 0 aromatic carbocycles. The lowest BCUT2D eigenvalue weighted by Crippen LogP contribution is -2.35. The number of carbonyl (C=O) groups is 1. The monoisotopic (exact) mass is 233 g/mol. The van der Waals surface area contributed by atoms with Crippen LogP contribution in [0.4, 0.5) is 0 Å². The number of nitrogens with zero attached hydrogens (tertiary/aromatic N) is 2. The second-order valence-electron chi connectivity index (χ2n) is 4.08. The van der Waals surface area contributed by atoms with Crippen molar-refractivity contribution in [2.45, 2.75) is 19.9 Å². The van der Waals surface area contributed by atoms with Crippen molar-refractivity contribution in [3.05, 3.63) is 35.8 Å². The van der Waals surface area contributed by atoms with Gasteiger partial charge in [0.2, 0.25) is 0 Å². The lowest BCUT2D eigenvalue weighted by Gasteiger charge is -2.08. The van der Waals surface area contributed by atoms with Crippen LogP contribution in [0.1, 0.15) is 23.1 Å². The average Bonchev–Trinajstić information content (AvgIpc) is 2.74. The van der Waals surface area contributed by atoms with E-state index in [4.69, 9.17) is 5.11 Å². The number of aliphatic hydroxyl groups is 1. The van der Waals surface area contributed by atoms with Gasteiger partial charge in [0.15, 0.2) is 0 Å². The smallest absolute Gasteiger partial charge is 0.271 e. The van der Waals surface area contributed by atoms with Gasteiger partial charge < -0.3 is 14.8 Å². The number of aliphatic hydroxyl groups excluding tert-OH is 1. The third kappa shape index (κ3) is 2.29. The van der Waals surface area contributed by atoms with E-state index in [-0.39, 0.29) is 18.6 Å². The maximum absolute atomic E-state index is 11.8. The number of aryl methyl sites for hydroxylation is 1. The second-order valence-corrected chi connectivity index (χ2v) is 4.08. The third-order valence-electron chi connectivity index (χ3n) is 2.58. The zero-order chi connectivity index (χ0) is 12.4. The van der Waals surface area contributed by atoms with E-state index < -0.39 is 0 Å². The molecule has 0 aliphatic heterocycles. The van der Waals surface area contributed by atoms with Gasteiger partial charge in [0.25, 0.3) is 5.91 Å². The van der Waals surface area contributed by atoms with Gasteiger partial charge in [-0.3, -0.25) is 4.79 Å². The minimum Gasteiger partial charge on any atom is -0.394 e. The Labute approximate surface area is 99.1 Å². The van der Waals surface area contributed by atoms with Crippen molar-refractivity contribution in [2.24, 2.45) is 0 Å². The minimum atomic E-state index is -0.270. The van der Waals surface area contributed by atoms with Gasteiger partial charge in [0, 0.05) is 17.9 Å². The Morgan fingerprint density at radius 2 is 2.35 bits per heavy atom. The maximum atomic E-state index is 11.8. The molecule has 0 unspecified atom stereocenters. The van der Waals surface area contributed by atoms with Crippen LogP contribution < -0.4 is 5.32 Å². The quantitative estimate of drug-likeness (QED) is 0.822. The Morgan fingerprint density at radius 3 is 3.00 bits per heavy atom. The van der Waals surface area contributed by atoms with Crippen molar-refractivity contribution in [3.63, 3.8) is 0 Å². The molecule has 2 heterocycles. The van der Waals surface area contributed by atoms with Crippen molar-refractivity contribution in [3.8, 4) is 0 Å². The Balaban J connectivity index is 2.30. The number of nitrogens with one attached hydrogen (secondary N) is 1. The Hall–Kier alpha value is -1.88. The molecule has 0 radical (unpaired) electrons. The molecule has 1 atom stereocenters. The number of fused-ring (bicyclic) bond motifs is 1. The van der Waals surface area contributed by atoms with Crippen molar-refractivity contribution in [1.29, 1.82) is 0 Å². The molecule has 0 fully saturated rings. The number of hydrogen-bond acceptors (Lipinski definition) is 3. The maximum Gasteiger partial charge on any atom is 0.271 e. The highest BCUT2D eigenvalue weighted by molar-refractivity contribution is 5.93. The highest BCUT2D eigenvalue weighted by atomic mass is 16.3. The molecule has 5 heteroatoms. The Kier molecular flexibility index (Phi) is 3.10. The number of imidazole rings is 1. The molecule has 2 rings (SSSR count). The molecule has 2 aromatic heterocycles. The highest BCUT2D eigenvalue weighted by Gasteiger charge is 2.13. The predicted molar refractivity (Wildman–Crippen MR) is 63.9 cm³/mol. The van der Waals surface area contributed by atoms with Gasteiger partial charge in [0.1, 0.15) is 11.3 Å². The number of amides is 1. The van der Waals surface area contributed by atoms with Gasteiger partial charge in [0.05, 0.1) is 6.61 Å². The van der Waals surface area contributed by atoms with E-state index in [0.717, 1.165) is 11.3 Å². The molecule has 0 bridgehead atoms. The molecule has 0 spiro atoms. The Bertz CT molecular complexity index is 548. The van der Waals surface area contributed by atoms with Crippen LogP contribution in [0.5, 0.6) is 0 Å². The summed E-state index contributed by atoms with van der Waals surface area (Å²) in [5.74, 6) is -0.269. The van der Waals surface area contributed by atoms with Gasteiger partial charge in [-0.2, -0.15) is 0 Å². The Morgan fingerprint density at radius 1 is 1.59 bits per heavy atom. The fourth-order valence-corrected chi connectivity index (χ4v) is 1.60. The summed E-state index contributed by atoms with van der Waals surface area (Å²) in [7, 11) is 0. The average molecular weight is 233 g/mol. The van der Waals surface area contributed by atoms with Gasteiger partial charge in [-0.25, -0.2) is 4.98 Å². The summed E-state index contributed by atoms with van der Waals surface area (Å²) in [5, 5.41) is 11.5. The first-order chi connectivity index (χ1) is 8.11. The molecule has 0 saturated carbocycles. The van der Waals surface area contributed by atoms with Crippen LogP contribution in [0.2, 0.25) is 0 Å². The normalized spacial score (nSPS) is 12.6. The number of aromatic nitrogens is 2. The van der Waals surface area contributed by atoms with E-state index in [2.05, 4.69) is 10.3 Å². The van der Waals surface area contributed by atoms with Crippen molar-refractivity contribution < 1.29 is 9.90 Å². The summed E-state index contributed by atoms with van der Waals surface area (Å²) < 4.78 is 1.86. The first kappa shape index (κ1) is 11.6. The molecule has 17 heavy (non-hydrogen) atoms. The summed E-state index contributed by atoms with van der Waals surface area (Å²) in [4.78, 5) is 16.0. The van der Waals surface area contributed by atoms with Crippen molar-refractivity contribution >= 4 is 11.6 Å². The van der Waals surface area contributed by atoms with Crippen molar-refractivity contribution in [2.75, 3.05) is 6.61 Å². The first-order valence-corrected chi connectivity index (χ1v) is 5.48. The number of carbonyl (C=O) groups excluding carboxylic acids is 1. The predicted octanol–water partition coefficient (Wildman–Crippen LogP) is 0.753. The van der Waals surface area contributed by atoms with Crippen LogP contribution in [0, 0.1) is 6.92 Å². The topological polar surface area (TPSA) is 66.6 Å². The van der Waals surface area contributed by atoms with Gasteiger partial charge in [-0.1, -0.05) is 6.07 Å². The molecule has 0 saturated heterocycles. The van der Waals surface area contributed by atoms with Gasteiger partial charge in [-0.15, -0.1) is 0 Å². The molecular weight excluding hydrogens is 218 g/mol. The molecule has 5 nitrogen and oxygen atoms in total. The van der Waals surface area contributed by atoms with Crippen LogP contribution in [0.25, 0.3) is 5.65 Å². The zero-order valence-electron chi connectivity index (χ0n) is 9.84.